The van der Waals surface area contributed by atoms with Crippen molar-refractivity contribution in [1.29, 1.82) is 0 Å². The van der Waals surface area contributed by atoms with E-state index in [0.717, 1.165) is 20.2 Å². The van der Waals surface area contributed by atoms with E-state index in [4.69, 9.17) is 5.73 Å². The van der Waals surface area contributed by atoms with E-state index < -0.39 is 0 Å². The van der Waals surface area contributed by atoms with Crippen LogP contribution in [0.3, 0.4) is 0 Å². The molecule has 0 spiro atoms. The molecule has 2 nitrogen and oxygen atoms in total. The number of hydrogen-bond acceptors (Lipinski definition) is 2. The first-order valence-electron chi connectivity index (χ1n) is 4.51. The summed E-state index contributed by atoms with van der Waals surface area (Å²) in [6.45, 7) is 6.22. The Morgan fingerprint density at radius 3 is 2.43 bits per heavy atom. The lowest BCUT2D eigenvalue weighted by atomic mass is 10.0. The molecule has 0 saturated carbocycles. The van der Waals surface area contributed by atoms with Crippen LogP contribution >= 0.6 is 31.9 Å². The van der Waals surface area contributed by atoms with Gasteiger partial charge >= 0.3 is 0 Å². The smallest absolute Gasteiger partial charge is 0.0718 e. The van der Waals surface area contributed by atoms with Crippen LogP contribution in [0.1, 0.15) is 31.1 Å². The molecule has 14 heavy (non-hydrogen) atoms. The Kier molecular flexibility index (Phi) is 4.10. The number of nitrogens with two attached hydrogens (primary N) is 1. The van der Waals surface area contributed by atoms with Crippen LogP contribution in [0.25, 0.3) is 0 Å². The minimum atomic E-state index is -0.0174. The monoisotopic (exact) mass is 320 g/mol. The zero-order valence-corrected chi connectivity index (χ0v) is 11.7. The number of hydrogen-bond donors (Lipinski definition) is 1. The number of aromatic nitrogens is 1. The highest BCUT2D eigenvalue weighted by Crippen LogP contribution is 2.31. The Morgan fingerprint density at radius 2 is 1.93 bits per heavy atom. The third-order valence-electron chi connectivity index (χ3n) is 2.26. The topological polar surface area (TPSA) is 38.9 Å². The molecule has 1 rings (SSSR count). The van der Waals surface area contributed by atoms with E-state index in [-0.39, 0.29) is 6.04 Å². The first kappa shape index (κ1) is 12.1. The minimum absolute atomic E-state index is 0.0174. The molecule has 0 aliphatic heterocycles. The predicted octanol–water partition coefficient (Wildman–Crippen LogP) is 3.57. The van der Waals surface area contributed by atoms with Crippen molar-refractivity contribution >= 4 is 31.9 Å². The first-order chi connectivity index (χ1) is 6.45. The van der Waals surface area contributed by atoms with Gasteiger partial charge in [-0.1, -0.05) is 13.8 Å². The third kappa shape index (κ3) is 2.35. The van der Waals surface area contributed by atoms with Gasteiger partial charge in [0, 0.05) is 15.1 Å². The van der Waals surface area contributed by atoms with Gasteiger partial charge in [-0.2, -0.15) is 0 Å². The second-order valence-corrected chi connectivity index (χ2v) is 5.35. The quantitative estimate of drug-likeness (QED) is 0.904. The van der Waals surface area contributed by atoms with Crippen LogP contribution in [0.15, 0.2) is 15.1 Å². The van der Waals surface area contributed by atoms with Crippen molar-refractivity contribution in [2.75, 3.05) is 0 Å². The molecule has 0 aromatic carbocycles. The van der Waals surface area contributed by atoms with Gasteiger partial charge < -0.3 is 5.73 Å². The molecule has 0 bridgehead atoms. The molecule has 0 fully saturated rings. The summed E-state index contributed by atoms with van der Waals surface area (Å²) in [5, 5.41) is 0. The molecule has 0 unspecified atom stereocenters. The molecule has 0 aliphatic rings. The maximum Gasteiger partial charge on any atom is 0.0718 e. The second kappa shape index (κ2) is 4.73. The number of halogens is 2. The summed E-state index contributed by atoms with van der Waals surface area (Å²) in [5.74, 6) is 0.388. The number of pyridine rings is 1. The SMILES string of the molecule is Cc1c(Br)cnc([C@H](N)C(C)C)c1Br. The van der Waals surface area contributed by atoms with Crippen LogP contribution in [-0.2, 0) is 0 Å². The van der Waals surface area contributed by atoms with Crippen molar-refractivity contribution in [3.05, 3.63) is 26.4 Å². The van der Waals surface area contributed by atoms with E-state index in [1.807, 2.05) is 6.92 Å². The van der Waals surface area contributed by atoms with Crippen molar-refractivity contribution in [3.63, 3.8) is 0 Å². The fraction of sp³-hybridized carbons (Fsp3) is 0.500. The van der Waals surface area contributed by atoms with E-state index in [9.17, 15) is 0 Å². The van der Waals surface area contributed by atoms with Crippen LogP contribution in [0.5, 0.6) is 0 Å². The van der Waals surface area contributed by atoms with Gasteiger partial charge in [-0.3, -0.25) is 4.98 Å². The van der Waals surface area contributed by atoms with E-state index in [2.05, 4.69) is 50.7 Å². The van der Waals surface area contributed by atoms with E-state index >= 15 is 0 Å². The van der Waals surface area contributed by atoms with Crippen LogP contribution in [0.2, 0.25) is 0 Å². The van der Waals surface area contributed by atoms with E-state index in [1.54, 1.807) is 6.20 Å². The lowest BCUT2D eigenvalue weighted by molar-refractivity contribution is 0.500. The summed E-state index contributed by atoms with van der Waals surface area (Å²) in [6.07, 6.45) is 1.80. The highest BCUT2D eigenvalue weighted by atomic mass is 79.9. The van der Waals surface area contributed by atoms with Gasteiger partial charge in [-0.05, 0) is 50.3 Å². The summed E-state index contributed by atoms with van der Waals surface area (Å²) >= 11 is 6.96. The normalized spacial score (nSPS) is 13.4. The lowest BCUT2D eigenvalue weighted by Crippen LogP contribution is -2.19. The average Bonchev–Trinajstić information content (AvgIpc) is 2.13. The summed E-state index contributed by atoms with van der Waals surface area (Å²) in [7, 11) is 0. The molecule has 0 radical (unpaired) electrons. The van der Waals surface area contributed by atoms with Gasteiger partial charge in [0.15, 0.2) is 0 Å². The minimum Gasteiger partial charge on any atom is -0.322 e. The van der Waals surface area contributed by atoms with E-state index in [0.29, 0.717) is 5.92 Å². The third-order valence-corrected chi connectivity index (χ3v) is 4.06. The summed E-state index contributed by atoms with van der Waals surface area (Å²) in [4.78, 5) is 4.34. The average molecular weight is 322 g/mol. The Hall–Kier alpha value is 0.0700. The standard InChI is InChI=1S/C10H14Br2N2/c1-5(2)9(13)10-8(12)6(3)7(11)4-14-10/h4-5,9H,13H2,1-3H3/t9-/m1/s1. The van der Waals surface area contributed by atoms with Crippen molar-refractivity contribution < 1.29 is 0 Å². The molecule has 0 saturated heterocycles. The van der Waals surface area contributed by atoms with Crippen molar-refractivity contribution in [3.8, 4) is 0 Å². The van der Waals surface area contributed by atoms with Gasteiger partial charge in [0.2, 0.25) is 0 Å². The second-order valence-electron chi connectivity index (χ2n) is 3.70. The number of rotatable bonds is 2. The van der Waals surface area contributed by atoms with Crippen molar-refractivity contribution in [2.45, 2.75) is 26.8 Å². The first-order valence-corrected chi connectivity index (χ1v) is 6.09. The van der Waals surface area contributed by atoms with Gasteiger partial charge in [-0.15, -0.1) is 0 Å². The van der Waals surface area contributed by atoms with Crippen LogP contribution in [-0.4, -0.2) is 4.98 Å². The van der Waals surface area contributed by atoms with Gasteiger partial charge in [0.25, 0.3) is 0 Å². The molecule has 2 N–H and O–H groups in total. The zero-order valence-electron chi connectivity index (χ0n) is 8.51. The highest BCUT2D eigenvalue weighted by molar-refractivity contribution is 9.11. The Bertz CT molecular complexity index is 337. The van der Waals surface area contributed by atoms with Crippen LogP contribution < -0.4 is 5.73 Å². The highest BCUT2D eigenvalue weighted by Gasteiger charge is 2.17. The largest absolute Gasteiger partial charge is 0.322 e. The summed E-state index contributed by atoms with van der Waals surface area (Å²) in [5.41, 5.74) is 8.13. The summed E-state index contributed by atoms with van der Waals surface area (Å²) in [6, 6.07) is -0.0174. The Balaban J connectivity index is 3.17. The maximum atomic E-state index is 6.05. The molecule has 1 atom stereocenters. The molecular weight excluding hydrogens is 308 g/mol. The Morgan fingerprint density at radius 1 is 1.36 bits per heavy atom. The van der Waals surface area contributed by atoms with Crippen LogP contribution in [0.4, 0.5) is 0 Å². The van der Waals surface area contributed by atoms with Gasteiger partial charge in [-0.25, -0.2) is 0 Å². The number of nitrogens with zero attached hydrogens (tertiary/aromatic N) is 1. The summed E-state index contributed by atoms with van der Waals surface area (Å²) < 4.78 is 2.01. The maximum absolute atomic E-state index is 6.05. The molecule has 1 heterocycles. The molecular formula is C10H14Br2N2. The molecule has 0 aliphatic carbocycles. The molecule has 78 valence electrons. The van der Waals surface area contributed by atoms with E-state index in [1.165, 1.54) is 0 Å². The fourth-order valence-corrected chi connectivity index (χ4v) is 2.27. The fourth-order valence-electron chi connectivity index (χ4n) is 1.12. The van der Waals surface area contributed by atoms with Crippen LogP contribution in [0, 0.1) is 12.8 Å². The molecule has 1 aromatic rings. The Labute approximate surface area is 102 Å². The zero-order chi connectivity index (χ0) is 10.9. The van der Waals surface area contributed by atoms with Gasteiger partial charge in [0.1, 0.15) is 0 Å². The molecule has 0 amide bonds. The van der Waals surface area contributed by atoms with Crippen molar-refractivity contribution in [2.24, 2.45) is 11.7 Å². The molecule has 4 heteroatoms. The lowest BCUT2D eigenvalue weighted by Gasteiger charge is -2.17. The molecule has 1 aromatic heterocycles. The van der Waals surface area contributed by atoms with Gasteiger partial charge in [0.05, 0.1) is 11.7 Å². The predicted molar refractivity (Wildman–Crippen MR) is 66.1 cm³/mol. The van der Waals surface area contributed by atoms with Crippen molar-refractivity contribution in [1.82, 2.24) is 4.98 Å².